The Hall–Kier alpha value is -1.64. The van der Waals surface area contributed by atoms with Crippen LogP contribution in [0.3, 0.4) is 0 Å². The van der Waals surface area contributed by atoms with Crippen molar-refractivity contribution in [3.05, 3.63) is 78.4 Å². The Morgan fingerprint density at radius 2 is 1.55 bits per heavy atom. The van der Waals surface area contributed by atoms with Crippen LogP contribution in [0.15, 0.2) is 87.5 Å². The molecule has 0 aliphatic rings. The first-order valence-electron chi connectivity index (χ1n) is 7.25. The topological polar surface area (TPSA) is 0 Å². The molecule has 0 saturated carbocycles. The molecule has 0 aliphatic carbocycles. The van der Waals surface area contributed by atoms with E-state index in [2.05, 4.69) is 86.0 Å². The van der Waals surface area contributed by atoms with Gasteiger partial charge in [-0.05, 0) is 42.5 Å². The van der Waals surface area contributed by atoms with E-state index in [-0.39, 0.29) is 0 Å². The van der Waals surface area contributed by atoms with Gasteiger partial charge in [-0.3, -0.25) is 0 Å². The normalized spacial score (nSPS) is 10.6. The molecule has 0 N–H and O–H groups in total. The summed E-state index contributed by atoms with van der Waals surface area (Å²) in [4.78, 5) is 3.96. The summed E-state index contributed by atoms with van der Waals surface area (Å²) in [5.74, 6) is 0. The average molecular weight is 322 g/mol. The molecule has 0 aliphatic heterocycles. The van der Waals surface area contributed by atoms with Crippen LogP contribution in [0.4, 0.5) is 0 Å². The maximum atomic E-state index is 2.24. The van der Waals surface area contributed by atoms with Gasteiger partial charge in [-0.25, -0.2) is 0 Å². The zero-order chi connectivity index (χ0) is 15.4. The van der Waals surface area contributed by atoms with Gasteiger partial charge in [-0.2, -0.15) is 0 Å². The van der Waals surface area contributed by atoms with Gasteiger partial charge in [0.25, 0.3) is 0 Å². The predicted molar refractivity (Wildman–Crippen MR) is 99.0 cm³/mol. The molecule has 0 spiro atoms. The van der Waals surface area contributed by atoms with E-state index in [9.17, 15) is 0 Å². The van der Waals surface area contributed by atoms with Crippen LogP contribution >= 0.6 is 23.5 Å². The van der Waals surface area contributed by atoms with Gasteiger partial charge in [0.15, 0.2) is 0 Å². The van der Waals surface area contributed by atoms with Gasteiger partial charge in [0.2, 0.25) is 0 Å². The lowest BCUT2D eigenvalue weighted by atomic mass is 10.1. The van der Waals surface area contributed by atoms with Gasteiger partial charge in [-0.15, -0.1) is 11.8 Å². The van der Waals surface area contributed by atoms with Crippen LogP contribution in [0.5, 0.6) is 0 Å². The van der Waals surface area contributed by atoms with Crippen LogP contribution in [0.25, 0.3) is 11.1 Å². The van der Waals surface area contributed by atoms with Crippen LogP contribution in [0, 0.1) is 6.92 Å². The summed E-state index contributed by atoms with van der Waals surface area (Å²) in [6.45, 7) is 2.14. The quantitative estimate of drug-likeness (QED) is 0.500. The highest BCUT2D eigenvalue weighted by molar-refractivity contribution is 8.02. The molecule has 22 heavy (non-hydrogen) atoms. The minimum absolute atomic E-state index is 1.28. The van der Waals surface area contributed by atoms with E-state index in [1.54, 1.807) is 0 Å². The summed E-state index contributed by atoms with van der Waals surface area (Å²) in [6, 6.07) is 25.9. The van der Waals surface area contributed by atoms with Gasteiger partial charge in [0.1, 0.15) is 0 Å². The molecule has 0 atom stereocenters. The Morgan fingerprint density at radius 1 is 0.773 bits per heavy atom. The lowest BCUT2D eigenvalue weighted by Gasteiger charge is -2.13. The molecule has 0 radical (unpaired) electrons. The fourth-order valence-electron chi connectivity index (χ4n) is 2.46. The first-order chi connectivity index (χ1) is 10.8. The molecular formula is C20H18S2. The van der Waals surface area contributed by atoms with E-state index in [1.807, 2.05) is 23.5 Å². The van der Waals surface area contributed by atoms with E-state index < -0.39 is 0 Å². The second-order valence-corrected chi connectivity index (χ2v) is 7.05. The molecule has 110 valence electrons. The zero-order valence-electron chi connectivity index (χ0n) is 12.7. The molecule has 0 saturated heterocycles. The number of hydrogen-bond donors (Lipinski definition) is 0. The molecule has 0 amide bonds. The minimum atomic E-state index is 1.28. The van der Waals surface area contributed by atoms with Gasteiger partial charge in [-0.1, -0.05) is 71.9 Å². The Kier molecular flexibility index (Phi) is 4.91. The van der Waals surface area contributed by atoms with Crippen LogP contribution in [0.1, 0.15) is 5.56 Å². The van der Waals surface area contributed by atoms with E-state index in [4.69, 9.17) is 0 Å². The molecular weight excluding hydrogens is 304 g/mol. The highest BCUT2D eigenvalue weighted by Gasteiger charge is 2.10. The smallest absolute Gasteiger partial charge is 0.0287 e. The summed E-state index contributed by atoms with van der Waals surface area (Å²) in [5, 5.41) is 0. The average Bonchev–Trinajstić information content (AvgIpc) is 2.55. The summed E-state index contributed by atoms with van der Waals surface area (Å²) in [7, 11) is 0. The molecule has 0 aromatic heterocycles. The van der Waals surface area contributed by atoms with Crippen LogP contribution in [-0.2, 0) is 0 Å². The van der Waals surface area contributed by atoms with Gasteiger partial charge < -0.3 is 0 Å². The maximum absolute atomic E-state index is 2.24. The van der Waals surface area contributed by atoms with Gasteiger partial charge >= 0.3 is 0 Å². The Bertz CT molecular complexity index is 764. The predicted octanol–water partition coefficient (Wildman–Crippen LogP) is 6.54. The number of aryl methyl sites for hydroxylation is 1. The third-order valence-corrected chi connectivity index (χ3v) is 5.51. The maximum Gasteiger partial charge on any atom is 0.0287 e. The van der Waals surface area contributed by atoms with Crippen molar-refractivity contribution in [1.82, 2.24) is 0 Å². The van der Waals surface area contributed by atoms with Crippen molar-refractivity contribution in [2.45, 2.75) is 21.6 Å². The Morgan fingerprint density at radius 3 is 2.27 bits per heavy atom. The third-order valence-electron chi connectivity index (χ3n) is 3.49. The highest BCUT2D eigenvalue weighted by Crippen LogP contribution is 2.40. The largest absolute Gasteiger partial charge is 0.128 e. The monoisotopic (exact) mass is 322 g/mol. The van der Waals surface area contributed by atoms with Crippen molar-refractivity contribution in [3.8, 4) is 11.1 Å². The van der Waals surface area contributed by atoms with E-state index in [0.29, 0.717) is 0 Å². The summed E-state index contributed by atoms with van der Waals surface area (Å²) in [6.07, 6.45) is 2.15. The number of hydrogen-bond acceptors (Lipinski definition) is 2. The molecule has 3 aromatic carbocycles. The van der Waals surface area contributed by atoms with Crippen molar-refractivity contribution in [1.29, 1.82) is 0 Å². The van der Waals surface area contributed by atoms with Crippen LogP contribution in [-0.4, -0.2) is 6.26 Å². The SMILES string of the molecule is CSc1c(Sc2cccc(C)c2)cccc1-c1ccccc1. The first-order valence-corrected chi connectivity index (χ1v) is 9.29. The Labute approximate surface area is 141 Å². The summed E-state index contributed by atoms with van der Waals surface area (Å²) >= 11 is 3.66. The molecule has 0 fully saturated rings. The highest BCUT2D eigenvalue weighted by atomic mass is 32.2. The standard InChI is InChI=1S/C20H18S2/c1-15-8-6-11-17(14-15)22-19-13-7-12-18(20(19)21-2)16-9-4-3-5-10-16/h3-14H,1-2H3. The third kappa shape index (κ3) is 3.40. The second-order valence-electron chi connectivity index (χ2n) is 5.12. The zero-order valence-corrected chi connectivity index (χ0v) is 14.4. The van der Waals surface area contributed by atoms with Crippen molar-refractivity contribution in [2.24, 2.45) is 0 Å². The minimum Gasteiger partial charge on any atom is -0.128 e. The fraction of sp³-hybridized carbons (Fsp3) is 0.100. The lowest BCUT2D eigenvalue weighted by molar-refractivity contribution is 1.24. The molecule has 3 rings (SSSR count). The fourth-order valence-corrected chi connectivity index (χ4v) is 4.50. The summed E-state index contributed by atoms with van der Waals surface area (Å²) in [5.41, 5.74) is 3.89. The van der Waals surface area contributed by atoms with E-state index in [1.165, 1.54) is 31.4 Å². The van der Waals surface area contributed by atoms with E-state index >= 15 is 0 Å². The van der Waals surface area contributed by atoms with Gasteiger partial charge in [0, 0.05) is 14.7 Å². The molecule has 0 nitrogen and oxygen atoms in total. The molecule has 0 bridgehead atoms. The molecule has 0 unspecified atom stereocenters. The first kappa shape index (κ1) is 15.3. The summed E-state index contributed by atoms with van der Waals surface area (Å²) < 4.78 is 0. The van der Waals surface area contributed by atoms with Crippen LogP contribution < -0.4 is 0 Å². The second kappa shape index (κ2) is 7.08. The van der Waals surface area contributed by atoms with Crippen molar-refractivity contribution >= 4 is 23.5 Å². The van der Waals surface area contributed by atoms with Crippen LogP contribution in [0.2, 0.25) is 0 Å². The van der Waals surface area contributed by atoms with Gasteiger partial charge in [0.05, 0.1) is 0 Å². The number of benzene rings is 3. The number of rotatable bonds is 4. The van der Waals surface area contributed by atoms with E-state index in [0.717, 1.165) is 0 Å². The van der Waals surface area contributed by atoms with Crippen molar-refractivity contribution in [3.63, 3.8) is 0 Å². The lowest BCUT2D eigenvalue weighted by Crippen LogP contribution is -1.86. The molecule has 0 heterocycles. The van der Waals surface area contributed by atoms with Crippen molar-refractivity contribution in [2.75, 3.05) is 6.26 Å². The molecule has 2 heteroatoms. The molecule has 3 aromatic rings. The number of thioether (sulfide) groups is 1. The Balaban J connectivity index is 2.02. The van der Waals surface area contributed by atoms with Crippen molar-refractivity contribution < 1.29 is 0 Å².